The second kappa shape index (κ2) is 7.82. The summed E-state index contributed by atoms with van der Waals surface area (Å²) in [5.41, 5.74) is 3.00. The molecule has 5 heteroatoms. The number of nitrogens with zero attached hydrogens (tertiary/aromatic N) is 2. The summed E-state index contributed by atoms with van der Waals surface area (Å²) in [4.78, 5) is 2.24. The molecule has 0 spiro atoms. The molecular weight excluding hydrogens is 319 g/mol. The molecule has 1 aliphatic heterocycles. The van der Waals surface area contributed by atoms with E-state index >= 15 is 0 Å². The first-order chi connectivity index (χ1) is 12.2. The maximum absolute atomic E-state index is 13.1. The zero-order chi connectivity index (χ0) is 17.6. The Hall–Kier alpha value is -2.84. The molecule has 128 valence electrons. The van der Waals surface area contributed by atoms with Crippen LogP contribution in [0.5, 0.6) is 5.75 Å². The Morgan fingerprint density at radius 3 is 2.56 bits per heavy atom. The van der Waals surface area contributed by atoms with Crippen molar-refractivity contribution >= 4 is 17.3 Å². The van der Waals surface area contributed by atoms with Crippen molar-refractivity contribution in [3.05, 3.63) is 59.4 Å². The SMILES string of the molecule is COc1cc(N2CCOCC2)ccc1C=C(C#N)c1ccc(F)cc1. The third-order valence-electron chi connectivity index (χ3n) is 4.17. The van der Waals surface area contributed by atoms with E-state index in [1.165, 1.54) is 12.1 Å². The van der Waals surface area contributed by atoms with Gasteiger partial charge in [0.25, 0.3) is 0 Å². The largest absolute Gasteiger partial charge is 0.496 e. The van der Waals surface area contributed by atoms with E-state index in [0.717, 1.165) is 24.3 Å². The second-order valence-corrected chi connectivity index (χ2v) is 5.70. The Bertz CT molecular complexity index is 803. The molecule has 0 aromatic heterocycles. The van der Waals surface area contributed by atoms with Gasteiger partial charge in [-0.3, -0.25) is 0 Å². The molecule has 25 heavy (non-hydrogen) atoms. The average molecular weight is 338 g/mol. The van der Waals surface area contributed by atoms with Gasteiger partial charge in [0.05, 0.1) is 32.0 Å². The lowest BCUT2D eigenvalue weighted by molar-refractivity contribution is 0.122. The predicted octanol–water partition coefficient (Wildman–Crippen LogP) is 3.74. The van der Waals surface area contributed by atoms with Gasteiger partial charge in [-0.1, -0.05) is 12.1 Å². The van der Waals surface area contributed by atoms with Gasteiger partial charge >= 0.3 is 0 Å². The fraction of sp³-hybridized carbons (Fsp3) is 0.250. The smallest absolute Gasteiger partial charge is 0.128 e. The van der Waals surface area contributed by atoms with Crippen LogP contribution < -0.4 is 9.64 Å². The summed E-state index contributed by atoms with van der Waals surface area (Å²) in [5, 5.41) is 9.46. The van der Waals surface area contributed by atoms with Gasteiger partial charge in [-0.25, -0.2) is 4.39 Å². The van der Waals surface area contributed by atoms with Gasteiger partial charge in [0.2, 0.25) is 0 Å². The summed E-state index contributed by atoms with van der Waals surface area (Å²) in [6.45, 7) is 3.12. The standard InChI is InChI=1S/C20H19FN2O2/c1-24-20-13-19(23-8-10-25-11-9-23)7-4-16(20)12-17(14-22)15-2-5-18(21)6-3-15/h2-7,12-13H,8-11H2,1H3. The summed E-state index contributed by atoms with van der Waals surface area (Å²) in [7, 11) is 1.61. The fourth-order valence-corrected chi connectivity index (χ4v) is 2.80. The van der Waals surface area contributed by atoms with Crippen molar-refractivity contribution in [3.8, 4) is 11.8 Å². The lowest BCUT2D eigenvalue weighted by atomic mass is 10.0. The number of morpholine rings is 1. The van der Waals surface area contributed by atoms with E-state index < -0.39 is 0 Å². The number of benzene rings is 2. The lowest BCUT2D eigenvalue weighted by Crippen LogP contribution is -2.36. The van der Waals surface area contributed by atoms with Gasteiger partial charge in [-0.2, -0.15) is 5.26 Å². The van der Waals surface area contributed by atoms with Crippen LogP contribution in [0.1, 0.15) is 11.1 Å². The van der Waals surface area contributed by atoms with Gasteiger partial charge in [0, 0.05) is 30.4 Å². The highest BCUT2D eigenvalue weighted by molar-refractivity contribution is 5.90. The minimum absolute atomic E-state index is 0.325. The molecule has 2 aromatic rings. The molecule has 3 rings (SSSR count). The Balaban J connectivity index is 1.92. The fourth-order valence-electron chi connectivity index (χ4n) is 2.80. The average Bonchev–Trinajstić information content (AvgIpc) is 2.67. The number of anilines is 1. The molecule has 0 amide bonds. The van der Waals surface area contributed by atoms with E-state index in [1.54, 1.807) is 25.3 Å². The van der Waals surface area contributed by atoms with Crippen LogP contribution in [0.25, 0.3) is 11.6 Å². The number of ether oxygens (including phenoxy) is 2. The Labute approximate surface area is 146 Å². The highest BCUT2D eigenvalue weighted by Gasteiger charge is 2.13. The monoisotopic (exact) mass is 338 g/mol. The molecule has 0 unspecified atom stereocenters. The van der Waals surface area contributed by atoms with Crippen molar-refractivity contribution in [1.29, 1.82) is 5.26 Å². The number of methoxy groups -OCH3 is 1. The molecule has 0 atom stereocenters. The summed E-state index contributed by atoms with van der Waals surface area (Å²) < 4.78 is 24.0. The maximum Gasteiger partial charge on any atom is 0.128 e. The first-order valence-corrected chi connectivity index (χ1v) is 8.10. The molecule has 1 aliphatic rings. The number of hydrogen-bond acceptors (Lipinski definition) is 4. The topological polar surface area (TPSA) is 45.5 Å². The van der Waals surface area contributed by atoms with Crippen molar-refractivity contribution in [3.63, 3.8) is 0 Å². The third kappa shape index (κ3) is 3.98. The molecule has 4 nitrogen and oxygen atoms in total. The van der Waals surface area contributed by atoms with Crippen LogP contribution >= 0.6 is 0 Å². The van der Waals surface area contributed by atoms with E-state index in [-0.39, 0.29) is 5.82 Å². The minimum Gasteiger partial charge on any atom is -0.496 e. The summed E-state index contributed by atoms with van der Waals surface area (Å²) in [6, 6.07) is 14.0. The van der Waals surface area contributed by atoms with Gasteiger partial charge in [0.15, 0.2) is 0 Å². The van der Waals surface area contributed by atoms with Crippen molar-refractivity contribution in [1.82, 2.24) is 0 Å². The molecule has 1 saturated heterocycles. The van der Waals surface area contributed by atoms with Crippen LogP contribution in [-0.2, 0) is 4.74 Å². The predicted molar refractivity (Wildman–Crippen MR) is 95.9 cm³/mol. The quantitative estimate of drug-likeness (QED) is 0.629. The van der Waals surface area contributed by atoms with Crippen LogP contribution in [0.15, 0.2) is 42.5 Å². The van der Waals surface area contributed by atoms with Crippen LogP contribution in [0.3, 0.4) is 0 Å². The Kier molecular flexibility index (Phi) is 5.32. The molecule has 0 saturated carbocycles. The van der Waals surface area contributed by atoms with Crippen LogP contribution in [0.2, 0.25) is 0 Å². The van der Waals surface area contributed by atoms with Crippen LogP contribution in [0, 0.1) is 17.1 Å². The third-order valence-corrected chi connectivity index (χ3v) is 4.17. The number of halogens is 1. The zero-order valence-electron chi connectivity index (χ0n) is 14.0. The molecule has 2 aromatic carbocycles. The second-order valence-electron chi connectivity index (χ2n) is 5.70. The van der Waals surface area contributed by atoms with Gasteiger partial charge in [0.1, 0.15) is 11.6 Å². The number of nitriles is 1. The maximum atomic E-state index is 13.1. The van der Waals surface area contributed by atoms with Gasteiger partial charge in [-0.15, -0.1) is 0 Å². The summed E-state index contributed by atoms with van der Waals surface area (Å²) in [5.74, 6) is 0.368. The molecule has 0 N–H and O–H groups in total. The van der Waals surface area contributed by atoms with E-state index in [1.807, 2.05) is 18.2 Å². The number of allylic oxidation sites excluding steroid dienone is 1. The van der Waals surface area contributed by atoms with Crippen molar-refractivity contribution in [2.75, 3.05) is 38.3 Å². The van der Waals surface area contributed by atoms with Crippen molar-refractivity contribution < 1.29 is 13.9 Å². The number of hydrogen-bond donors (Lipinski definition) is 0. The van der Waals surface area contributed by atoms with E-state index in [4.69, 9.17) is 9.47 Å². The van der Waals surface area contributed by atoms with Crippen molar-refractivity contribution in [2.45, 2.75) is 0 Å². The minimum atomic E-state index is -0.325. The molecule has 1 fully saturated rings. The highest BCUT2D eigenvalue weighted by atomic mass is 19.1. The highest BCUT2D eigenvalue weighted by Crippen LogP contribution is 2.29. The molecular formula is C20H19FN2O2. The molecule has 0 bridgehead atoms. The van der Waals surface area contributed by atoms with Gasteiger partial charge < -0.3 is 14.4 Å². The zero-order valence-corrected chi connectivity index (χ0v) is 14.0. The summed E-state index contributed by atoms with van der Waals surface area (Å²) >= 11 is 0. The van der Waals surface area contributed by atoms with Crippen molar-refractivity contribution in [2.24, 2.45) is 0 Å². The van der Waals surface area contributed by atoms with E-state index in [2.05, 4.69) is 11.0 Å². The molecule has 0 radical (unpaired) electrons. The first kappa shape index (κ1) is 17.0. The molecule has 0 aliphatic carbocycles. The van der Waals surface area contributed by atoms with E-state index in [0.29, 0.717) is 30.1 Å². The van der Waals surface area contributed by atoms with Crippen LogP contribution in [-0.4, -0.2) is 33.4 Å². The number of rotatable bonds is 4. The van der Waals surface area contributed by atoms with Gasteiger partial charge in [-0.05, 0) is 35.9 Å². The molecule has 1 heterocycles. The lowest BCUT2D eigenvalue weighted by Gasteiger charge is -2.29. The Morgan fingerprint density at radius 1 is 1.20 bits per heavy atom. The normalized spacial score (nSPS) is 14.9. The van der Waals surface area contributed by atoms with E-state index in [9.17, 15) is 9.65 Å². The Morgan fingerprint density at radius 2 is 1.92 bits per heavy atom. The van der Waals surface area contributed by atoms with Crippen LogP contribution in [0.4, 0.5) is 10.1 Å². The first-order valence-electron chi connectivity index (χ1n) is 8.10. The summed E-state index contributed by atoms with van der Waals surface area (Å²) in [6.07, 6.45) is 1.76.